The van der Waals surface area contributed by atoms with Gasteiger partial charge in [-0.15, -0.1) is 0 Å². The number of rotatable bonds is 6. The number of carbonyl (C=O) groups is 1. The Morgan fingerprint density at radius 3 is 2.32 bits per heavy atom. The third-order valence-corrected chi connectivity index (χ3v) is 3.21. The first-order chi connectivity index (χ1) is 10.7. The molecular formula is C18H19NO3. The van der Waals surface area contributed by atoms with Gasteiger partial charge in [0.25, 0.3) is 6.04 Å². The third kappa shape index (κ3) is 4.45. The van der Waals surface area contributed by atoms with Crippen LogP contribution in [0.3, 0.4) is 0 Å². The Balaban J connectivity index is 2.23. The highest BCUT2D eigenvalue weighted by Gasteiger charge is 2.27. The quantitative estimate of drug-likeness (QED) is 0.271. The first-order valence-corrected chi connectivity index (χ1v) is 7.26. The average Bonchev–Trinajstić information content (AvgIpc) is 2.54. The fraction of sp³-hybridized carbons (Fsp3) is 0.222. The molecule has 0 amide bonds. The Labute approximate surface area is 130 Å². The Morgan fingerprint density at radius 2 is 1.73 bits per heavy atom. The predicted octanol–water partition coefficient (Wildman–Crippen LogP) is 2.79. The summed E-state index contributed by atoms with van der Waals surface area (Å²) >= 11 is 0. The van der Waals surface area contributed by atoms with E-state index in [1.807, 2.05) is 60.7 Å². The van der Waals surface area contributed by atoms with E-state index in [4.69, 9.17) is 4.74 Å². The largest absolute Gasteiger partial charge is 0.623 e. The van der Waals surface area contributed by atoms with Crippen molar-refractivity contribution in [1.82, 2.24) is 0 Å². The maximum atomic E-state index is 12.4. The summed E-state index contributed by atoms with van der Waals surface area (Å²) in [6, 6.07) is 17.7. The topological polar surface area (TPSA) is 52.4 Å². The highest BCUT2D eigenvalue weighted by atomic mass is 16.5. The summed E-state index contributed by atoms with van der Waals surface area (Å²) in [6.07, 6.45) is 1.73. The van der Waals surface area contributed by atoms with Crippen LogP contribution >= 0.6 is 0 Å². The molecule has 2 aromatic carbocycles. The van der Waals surface area contributed by atoms with Crippen LogP contribution in [0.4, 0.5) is 0 Å². The lowest BCUT2D eigenvalue weighted by molar-refractivity contribution is -0.484. The fourth-order valence-electron chi connectivity index (χ4n) is 2.13. The summed E-state index contributed by atoms with van der Waals surface area (Å²) in [5.41, 5.74) is 1.67. The number of hydrogen-bond acceptors (Lipinski definition) is 3. The maximum absolute atomic E-state index is 12.4. The molecular weight excluding hydrogens is 278 g/mol. The van der Waals surface area contributed by atoms with Gasteiger partial charge in [-0.2, -0.15) is 4.74 Å². The molecule has 1 atom stereocenters. The third-order valence-electron chi connectivity index (χ3n) is 3.21. The van der Waals surface area contributed by atoms with Crippen LogP contribution in [0.15, 0.2) is 60.7 Å². The van der Waals surface area contributed by atoms with E-state index >= 15 is 0 Å². The molecule has 0 saturated carbocycles. The number of benzene rings is 2. The van der Waals surface area contributed by atoms with Gasteiger partial charge in [0.15, 0.2) is 6.21 Å². The van der Waals surface area contributed by atoms with Crippen molar-refractivity contribution in [3.63, 3.8) is 0 Å². The summed E-state index contributed by atoms with van der Waals surface area (Å²) in [4.78, 5) is 12.1. The summed E-state index contributed by atoms with van der Waals surface area (Å²) < 4.78 is 5.72. The molecule has 114 valence electrons. The van der Waals surface area contributed by atoms with Crippen LogP contribution < -0.4 is 0 Å². The molecule has 22 heavy (non-hydrogen) atoms. The lowest BCUT2D eigenvalue weighted by Crippen LogP contribution is -2.35. The molecule has 0 spiro atoms. The normalized spacial score (nSPS) is 12.7. The highest BCUT2D eigenvalue weighted by molar-refractivity contribution is 5.79. The number of esters is 1. The Kier molecular flexibility index (Phi) is 5.72. The summed E-state index contributed by atoms with van der Waals surface area (Å²) in [5, 5.41) is 12.4. The van der Waals surface area contributed by atoms with Gasteiger partial charge in [0.1, 0.15) is 0 Å². The zero-order valence-corrected chi connectivity index (χ0v) is 12.5. The van der Waals surface area contributed by atoms with E-state index in [0.717, 1.165) is 11.1 Å². The minimum absolute atomic E-state index is 0.253. The van der Waals surface area contributed by atoms with Crippen molar-refractivity contribution >= 4 is 12.2 Å². The average molecular weight is 297 g/mol. The van der Waals surface area contributed by atoms with Crippen LogP contribution in [-0.4, -0.2) is 29.6 Å². The monoisotopic (exact) mass is 297 g/mol. The van der Waals surface area contributed by atoms with E-state index in [2.05, 4.69) is 0 Å². The van der Waals surface area contributed by atoms with Crippen LogP contribution in [0.1, 0.15) is 18.1 Å². The molecule has 0 aliphatic carbocycles. The van der Waals surface area contributed by atoms with Crippen LogP contribution in [0.5, 0.6) is 0 Å². The van der Waals surface area contributed by atoms with Gasteiger partial charge in [-0.25, -0.2) is 4.79 Å². The molecule has 0 bridgehead atoms. The first-order valence-electron chi connectivity index (χ1n) is 7.26. The Morgan fingerprint density at radius 1 is 1.14 bits per heavy atom. The van der Waals surface area contributed by atoms with Gasteiger partial charge < -0.3 is 9.94 Å². The zero-order valence-electron chi connectivity index (χ0n) is 12.5. The van der Waals surface area contributed by atoms with Crippen LogP contribution in [0.25, 0.3) is 0 Å². The second-order valence-electron chi connectivity index (χ2n) is 4.86. The number of hydroxylamine groups is 1. The lowest BCUT2D eigenvalue weighted by Gasteiger charge is -2.16. The molecule has 0 heterocycles. The molecule has 0 N–H and O–H groups in total. The number of hydrogen-bond donors (Lipinski definition) is 0. The molecule has 0 aliphatic rings. The van der Waals surface area contributed by atoms with Gasteiger partial charge in [-0.3, -0.25) is 0 Å². The molecule has 0 aromatic heterocycles. The van der Waals surface area contributed by atoms with Crippen molar-refractivity contribution in [3.05, 3.63) is 77.0 Å². The van der Waals surface area contributed by atoms with Crippen molar-refractivity contribution in [2.45, 2.75) is 19.4 Å². The highest BCUT2D eigenvalue weighted by Crippen LogP contribution is 2.08. The van der Waals surface area contributed by atoms with Crippen molar-refractivity contribution in [3.8, 4) is 0 Å². The van der Waals surface area contributed by atoms with Crippen molar-refractivity contribution in [2.75, 3.05) is 6.61 Å². The van der Waals surface area contributed by atoms with Gasteiger partial charge in [0.05, 0.1) is 6.61 Å². The van der Waals surface area contributed by atoms with Gasteiger partial charge in [-0.1, -0.05) is 48.5 Å². The van der Waals surface area contributed by atoms with Crippen LogP contribution in [-0.2, 0) is 16.0 Å². The van der Waals surface area contributed by atoms with E-state index in [0.29, 0.717) is 11.2 Å². The number of ether oxygens (including phenoxy) is 1. The van der Waals surface area contributed by atoms with Gasteiger partial charge in [0.2, 0.25) is 0 Å². The van der Waals surface area contributed by atoms with Crippen LogP contribution in [0, 0.1) is 5.21 Å². The summed E-state index contributed by atoms with van der Waals surface area (Å²) in [5.74, 6) is -0.506. The molecule has 0 radical (unpaired) electrons. The van der Waals surface area contributed by atoms with E-state index < -0.39 is 12.0 Å². The van der Waals surface area contributed by atoms with E-state index in [-0.39, 0.29) is 6.61 Å². The first kappa shape index (κ1) is 15.8. The number of nitrogens with zero attached hydrogens (tertiary/aromatic N) is 1. The van der Waals surface area contributed by atoms with E-state index in [1.165, 1.54) is 6.21 Å². The number of carbonyl (C=O) groups excluding carboxylic acids is 1. The molecule has 0 fully saturated rings. The standard InChI is InChI=1S/C18H19NO3/c1-2-22-18(20)17(13-15-9-5-3-6-10-15)19(21)14-16-11-7-4-8-12-16/h3-12,14,17H,2,13H2,1H3/b19-14-/t17-/m0/s1. The van der Waals surface area contributed by atoms with Crippen LogP contribution in [0.2, 0.25) is 0 Å². The smallest absolute Gasteiger partial charge is 0.377 e. The Bertz CT molecular complexity index is 623. The molecule has 0 unspecified atom stereocenters. The summed E-state index contributed by atoms with van der Waals surface area (Å²) in [6.45, 7) is 1.98. The molecule has 0 aliphatic heterocycles. The molecule has 0 saturated heterocycles. The molecule has 4 nitrogen and oxygen atoms in total. The SMILES string of the molecule is CCOC(=O)[C@H](Cc1ccccc1)/[N+]([O-])=C/c1ccccc1. The second kappa shape index (κ2) is 7.98. The minimum atomic E-state index is -0.887. The van der Waals surface area contributed by atoms with Gasteiger partial charge in [0, 0.05) is 12.0 Å². The lowest BCUT2D eigenvalue weighted by atomic mass is 10.1. The minimum Gasteiger partial charge on any atom is -0.623 e. The zero-order chi connectivity index (χ0) is 15.8. The van der Waals surface area contributed by atoms with Gasteiger partial charge in [-0.05, 0) is 24.6 Å². The van der Waals surface area contributed by atoms with E-state index in [1.54, 1.807) is 6.92 Å². The van der Waals surface area contributed by atoms with Crippen molar-refractivity contribution in [2.24, 2.45) is 0 Å². The molecule has 4 heteroatoms. The van der Waals surface area contributed by atoms with Crippen molar-refractivity contribution in [1.29, 1.82) is 0 Å². The van der Waals surface area contributed by atoms with E-state index in [9.17, 15) is 10.0 Å². The Hall–Kier alpha value is -2.62. The maximum Gasteiger partial charge on any atom is 0.377 e. The predicted molar refractivity (Wildman–Crippen MR) is 85.8 cm³/mol. The summed E-state index contributed by atoms with van der Waals surface area (Å²) in [7, 11) is 0. The second-order valence-corrected chi connectivity index (χ2v) is 4.86. The van der Waals surface area contributed by atoms with Crippen molar-refractivity contribution < 1.29 is 14.3 Å². The molecule has 2 aromatic rings. The van der Waals surface area contributed by atoms with Gasteiger partial charge >= 0.3 is 5.97 Å². The fourth-order valence-corrected chi connectivity index (χ4v) is 2.13. The molecule has 2 rings (SSSR count).